The van der Waals surface area contributed by atoms with Gasteiger partial charge in [-0.3, -0.25) is 4.79 Å². The van der Waals surface area contributed by atoms with Crippen LogP contribution in [0.1, 0.15) is 36.5 Å². The van der Waals surface area contributed by atoms with Crippen molar-refractivity contribution in [1.29, 1.82) is 0 Å². The largest absolute Gasteiger partial charge is 0.298 e. The van der Waals surface area contributed by atoms with Crippen molar-refractivity contribution in [3.05, 3.63) is 16.5 Å². The van der Waals surface area contributed by atoms with Crippen molar-refractivity contribution in [2.75, 3.05) is 0 Å². The lowest BCUT2D eigenvalue weighted by Gasteiger charge is -2.10. The first-order chi connectivity index (χ1) is 7.08. The molecule has 1 heterocycles. The third kappa shape index (κ3) is 3.18. The van der Waals surface area contributed by atoms with Gasteiger partial charge in [-0.25, -0.2) is 9.97 Å². The molecule has 0 saturated heterocycles. The summed E-state index contributed by atoms with van der Waals surface area (Å²) in [4.78, 5) is 19.0. The van der Waals surface area contributed by atoms with Crippen LogP contribution in [0.3, 0.4) is 0 Å². The van der Waals surface area contributed by atoms with Gasteiger partial charge in [-0.2, -0.15) is 0 Å². The van der Waals surface area contributed by atoms with Crippen molar-refractivity contribution < 1.29 is 4.79 Å². The summed E-state index contributed by atoms with van der Waals surface area (Å²) in [5, 5.41) is 1.33. The number of aryl methyl sites for hydroxylation is 1. The predicted molar refractivity (Wildman–Crippen MR) is 62.8 cm³/mol. The van der Waals surface area contributed by atoms with Crippen molar-refractivity contribution in [2.24, 2.45) is 0 Å². The molecule has 0 aliphatic heterocycles. The fourth-order valence-corrected chi connectivity index (χ4v) is 2.30. The second kappa shape index (κ2) is 5.47. The minimum atomic E-state index is 0.239. The Balaban J connectivity index is 3.09. The van der Waals surface area contributed by atoms with E-state index in [0.717, 1.165) is 6.42 Å². The predicted octanol–water partition coefficient (Wildman–Crippen LogP) is 3.14. The minimum absolute atomic E-state index is 0.239. The summed E-state index contributed by atoms with van der Waals surface area (Å²) in [6, 6.07) is 0. The third-order valence-electron chi connectivity index (χ3n) is 1.98. The van der Waals surface area contributed by atoms with Gasteiger partial charge in [-0.15, -0.1) is 11.8 Å². The SMILES string of the molecule is CCC(C)Sc1nc(C)nc(Cl)c1C=O. The Morgan fingerprint density at radius 3 is 2.73 bits per heavy atom. The molecule has 1 atom stereocenters. The smallest absolute Gasteiger partial charge is 0.155 e. The summed E-state index contributed by atoms with van der Waals surface area (Å²) < 4.78 is 0. The summed E-state index contributed by atoms with van der Waals surface area (Å²) in [7, 11) is 0. The molecule has 1 aromatic rings. The van der Waals surface area contributed by atoms with Crippen LogP contribution in [0.2, 0.25) is 5.15 Å². The summed E-state index contributed by atoms with van der Waals surface area (Å²) in [5.41, 5.74) is 0.396. The molecule has 0 fully saturated rings. The lowest BCUT2D eigenvalue weighted by molar-refractivity contribution is 0.112. The Hall–Kier alpha value is -0.610. The maximum Gasteiger partial charge on any atom is 0.155 e. The molecule has 0 N–H and O–H groups in total. The van der Waals surface area contributed by atoms with Gasteiger partial charge in [0, 0.05) is 5.25 Å². The topological polar surface area (TPSA) is 42.9 Å². The first-order valence-electron chi connectivity index (χ1n) is 4.74. The minimum Gasteiger partial charge on any atom is -0.298 e. The number of hydrogen-bond acceptors (Lipinski definition) is 4. The summed E-state index contributed by atoms with van der Waals surface area (Å²) in [5.74, 6) is 0.594. The van der Waals surface area contributed by atoms with E-state index >= 15 is 0 Å². The first-order valence-corrected chi connectivity index (χ1v) is 6.00. The summed E-state index contributed by atoms with van der Waals surface area (Å²) >= 11 is 7.42. The van der Waals surface area contributed by atoms with Gasteiger partial charge in [0.1, 0.15) is 16.0 Å². The van der Waals surface area contributed by atoms with Gasteiger partial charge in [-0.1, -0.05) is 25.4 Å². The molecule has 5 heteroatoms. The molecule has 1 rings (SSSR count). The van der Waals surface area contributed by atoms with Gasteiger partial charge in [0.05, 0.1) is 5.56 Å². The van der Waals surface area contributed by atoms with Gasteiger partial charge in [0.15, 0.2) is 6.29 Å². The van der Waals surface area contributed by atoms with Crippen LogP contribution in [-0.2, 0) is 0 Å². The Kier molecular flexibility index (Phi) is 4.54. The van der Waals surface area contributed by atoms with E-state index < -0.39 is 0 Å². The number of halogens is 1. The fourth-order valence-electron chi connectivity index (χ4n) is 0.985. The average molecular weight is 245 g/mol. The van der Waals surface area contributed by atoms with Crippen LogP contribution in [0.15, 0.2) is 5.03 Å². The lowest BCUT2D eigenvalue weighted by Crippen LogP contribution is -2.01. The van der Waals surface area contributed by atoms with Crippen molar-refractivity contribution in [3.63, 3.8) is 0 Å². The van der Waals surface area contributed by atoms with Gasteiger partial charge in [-0.05, 0) is 13.3 Å². The van der Waals surface area contributed by atoms with E-state index in [9.17, 15) is 4.79 Å². The second-order valence-electron chi connectivity index (χ2n) is 3.24. The van der Waals surface area contributed by atoms with Crippen LogP contribution in [0.4, 0.5) is 0 Å². The Labute approximate surface area is 98.6 Å². The first kappa shape index (κ1) is 12.5. The van der Waals surface area contributed by atoms with Crippen LogP contribution in [-0.4, -0.2) is 21.5 Å². The van der Waals surface area contributed by atoms with Crippen molar-refractivity contribution in [1.82, 2.24) is 9.97 Å². The quantitative estimate of drug-likeness (QED) is 0.464. The normalized spacial score (nSPS) is 12.5. The number of carbonyl (C=O) groups excluding carboxylic acids is 1. The van der Waals surface area contributed by atoms with Crippen LogP contribution in [0, 0.1) is 6.92 Å². The van der Waals surface area contributed by atoms with Gasteiger partial charge in [0.2, 0.25) is 0 Å². The Morgan fingerprint density at radius 1 is 1.53 bits per heavy atom. The Bertz CT molecular complexity index is 371. The van der Waals surface area contributed by atoms with Gasteiger partial charge >= 0.3 is 0 Å². The van der Waals surface area contributed by atoms with E-state index in [1.54, 1.807) is 18.7 Å². The van der Waals surface area contributed by atoms with E-state index in [2.05, 4.69) is 23.8 Å². The number of aldehydes is 1. The van der Waals surface area contributed by atoms with E-state index in [1.807, 2.05) is 0 Å². The highest BCUT2D eigenvalue weighted by molar-refractivity contribution is 7.99. The summed E-state index contributed by atoms with van der Waals surface area (Å²) in [6.45, 7) is 5.94. The number of thioether (sulfide) groups is 1. The molecule has 0 amide bonds. The van der Waals surface area contributed by atoms with Gasteiger partial charge in [0.25, 0.3) is 0 Å². The van der Waals surface area contributed by atoms with Crippen molar-refractivity contribution in [3.8, 4) is 0 Å². The number of nitrogens with zero attached hydrogens (tertiary/aromatic N) is 2. The lowest BCUT2D eigenvalue weighted by atomic mass is 10.4. The molecule has 0 saturated carbocycles. The molecule has 0 aromatic carbocycles. The molecule has 3 nitrogen and oxygen atoms in total. The zero-order valence-electron chi connectivity index (χ0n) is 8.95. The second-order valence-corrected chi connectivity index (χ2v) is 5.02. The van der Waals surface area contributed by atoms with Gasteiger partial charge < -0.3 is 0 Å². The average Bonchev–Trinajstić information content (AvgIpc) is 2.17. The molecule has 0 bridgehead atoms. The number of hydrogen-bond donors (Lipinski definition) is 0. The van der Waals surface area contributed by atoms with E-state index in [-0.39, 0.29) is 5.15 Å². The van der Waals surface area contributed by atoms with Crippen LogP contribution < -0.4 is 0 Å². The highest BCUT2D eigenvalue weighted by atomic mass is 35.5. The molecule has 0 spiro atoms. The molecule has 0 radical (unpaired) electrons. The fraction of sp³-hybridized carbons (Fsp3) is 0.500. The third-order valence-corrected chi connectivity index (χ3v) is 3.54. The van der Waals surface area contributed by atoms with Crippen LogP contribution in [0.5, 0.6) is 0 Å². The van der Waals surface area contributed by atoms with E-state index in [1.165, 1.54) is 0 Å². The van der Waals surface area contributed by atoms with E-state index in [4.69, 9.17) is 11.6 Å². The zero-order chi connectivity index (χ0) is 11.4. The highest BCUT2D eigenvalue weighted by Crippen LogP contribution is 2.28. The molecule has 1 unspecified atom stereocenters. The standard InChI is InChI=1S/C10H13ClN2OS/c1-4-6(2)15-10-8(5-14)9(11)12-7(3)13-10/h5-6H,4H2,1-3H3. The highest BCUT2D eigenvalue weighted by Gasteiger charge is 2.13. The molecule has 1 aromatic heterocycles. The number of aromatic nitrogens is 2. The van der Waals surface area contributed by atoms with Crippen LogP contribution >= 0.6 is 23.4 Å². The zero-order valence-corrected chi connectivity index (χ0v) is 10.5. The van der Waals surface area contributed by atoms with E-state index in [0.29, 0.717) is 27.9 Å². The molecule has 15 heavy (non-hydrogen) atoms. The monoisotopic (exact) mass is 244 g/mol. The molecular weight excluding hydrogens is 232 g/mol. The molecular formula is C10H13ClN2OS. The maximum atomic E-state index is 10.9. The molecule has 0 aliphatic carbocycles. The van der Waals surface area contributed by atoms with Crippen molar-refractivity contribution in [2.45, 2.75) is 37.5 Å². The Morgan fingerprint density at radius 2 is 2.20 bits per heavy atom. The number of carbonyl (C=O) groups is 1. The molecule has 0 aliphatic rings. The molecule has 82 valence electrons. The number of rotatable bonds is 4. The van der Waals surface area contributed by atoms with Crippen LogP contribution in [0.25, 0.3) is 0 Å². The maximum absolute atomic E-state index is 10.9. The summed E-state index contributed by atoms with van der Waals surface area (Å²) in [6.07, 6.45) is 1.73. The van der Waals surface area contributed by atoms with Crippen molar-refractivity contribution >= 4 is 29.6 Å².